The first-order chi connectivity index (χ1) is 9.19. The number of rotatable bonds is 5. The van der Waals surface area contributed by atoms with Gasteiger partial charge < -0.3 is 10.6 Å². The Balaban J connectivity index is 2.21. The van der Waals surface area contributed by atoms with Gasteiger partial charge in [0.15, 0.2) is 0 Å². The third kappa shape index (κ3) is 3.71. The average Bonchev–Trinajstić information content (AvgIpc) is 2.38. The van der Waals surface area contributed by atoms with Gasteiger partial charge in [0.1, 0.15) is 5.82 Å². The van der Waals surface area contributed by atoms with Crippen molar-refractivity contribution in [3.63, 3.8) is 0 Å². The number of hydrogen-bond acceptors (Lipinski definition) is 3. The lowest BCUT2D eigenvalue weighted by atomic mass is 10.2. The summed E-state index contributed by atoms with van der Waals surface area (Å²) in [5.74, 6) is 1.03. The molecule has 1 aromatic heterocycles. The van der Waals surface area contributed by atoms with E-state index < -0.39 is 0 Å². The zero-order valence-electron chi connectivity index (χ0n) is 11.6. The molecule has 2 aromatic rings. The average molecular weight is 255 g/mol. The Morgan fingerprint density at radius 1 is 1.21 bits per heavy atom. The highest BCUT2D eigenvalue weighted by molar-refractivity contribution is 5.45. The van der Waals surface area contributed by atoms with Gasteiger partial charge in [0, 0.05) is 25.0 Å². The summed E-state index contributed by atoms with van der Waals surface area (Å²) in [6.45, 7) is 6.11. The van der Waals surface area contributed by atoms with Gasteiger partial charge in [-0.25, -0.2) is 4.98 Å². The number of nitrogens with zero attached hydrogens (tertiary/aromatic N) is 2. The number of aromatic nitrogens is 1. The maximum atomic E-state index is 5.84. The van der Waals surface area contributed by atoms with Crippen LogP contribution in [0.15, 0.2) is 42.6 Å². The number of nitrogens with two attached hydrogens (primary N) is 1. The van der Waals surface area contributed by atoms with E-state index in [2.05, 4.69) is 35.9 Å². The molecule has 0 aliphatic heterocycles. The van der Waals surface area contributed by atoms with Crippen LogP contribution in [0.4, 0.5) is 11.5 Å². The Bertz CT molecular complexity index is 537. The number of nitrogen functional groups attached to an aromatic ring is 1. The van der Waals surface area contributed by atoms with Gasteiger partial charge in [-0.15, -0.1) is 0 Å². The molecule has 0 spiro atoms. The number of pyridine rings is 1. The van der Waals surface area contributed by atoms with E-state index in [-0.39, 0.29) is 0 Å². The molecule has 0 bridgehead atoms. The largest absolute Gasteiger partial charge is 0.399 e. The highest BCUT2D eigenvalue weighted by Gasteiger charge is 2.08. The fourth-order valence-corrected chi connectivity index (χ4v) is 2.15. The van der Waals surface area contributed by atoms with Crippen molar-refractivity contribution in [3.05, 3.63) is 53.7 Å². The Morgan fingerprint density at radius 2 is 2.05 bits per heavy atom. The lowest BCUT2D eigenvalue weighted by Crippen LogP contribution is -2.24. The molecule has 1 heterocycles. The highest BCUT2D eigenvalue weighted by atomic mass is 15.2. The molecule has 0 aliphatic rings. The van der Waals surface area contributed by atoms with Gasteiger partial charge in [0.2, 0.25) is 0 Å². The second-order valence-corrected chi connectivity index (χ2v) is 4.86. The minimum Gasteiger partial charge on any atom is -0.399 e. The fourth-order valence-electron chi connectivity index (χ4n) is 2.15. The van der Waals surface area contributed by atoms with Gasteiger partial charge in [0.05, 0.1) is 0 Å². The van der Waals surface area contributed by atoms with E-state index in [0.29, 0.717) is 0 Å². The Morgan fingerprint density at radius 3 is 2.74 bits per heavy atom. The maximum absolute atomic E-state index is 5.84. The van der Waals surface area contributed by atoms with E-state index in [4.69, 9.17) is 5.73 Å². The molecule has 0 radical (unpaired) electrons. The normalized spacial score (nSPS) is 10.4. The van der Waals surface area contributed by atoms with E-state index in [0.717, 1.165) is 31.0 Å². The summed E-state index contributed by atoms with van der Waals surface area (Å²) in [7, 11) is 0. The summed E-state index contributed by atoms with van der Waals surface area (Å²) < 4.78 is 0. The number of aryl methyl sites for hydroxylation is 1. The van der Waals surface area contributed by atoms with E-state index >= 15 is 0 Å². The van der Waals surface area contributed by atoms with Gasteiger partial charge in [-0.1, -0.05) is 19.1 Å². The third-order valence-electron chi connectivity index (χ3n) is 3.04. The van der Waals surface area contributed by atoms with Crippen LogP contribution in [0.1, 0.15) is 24.5 Å². The molecule has 3 nitrogen and oxygen atoms in total. The summed E-state index contributed by atoms with van der Waals surface area (Å²) in [4.78, 5) is 6.77. The van der Waals surface area contributed by atoms with E-state index in [1.54, 1.807) is 0 Å². The summed E-state index contributed by atoms with van der Waals surface area (Å²) >= 11 is 0. The molecule has 0 fully saturated rings. The number of anilines is 2. The molecule has 0 unspecified atom stereocenters. The minimum atomic E-state index is 0.811. The molecular formula is C16H21N3. The van der Waals surface area contributed by atoms with E-state index in [9.17, 15) is 0 Å². The number of hydrogen-bond donors (Lipinski definition) is 1. The predicted molar refractivity (Wildman–Crippen MR) is 81.2 cm³/mol. The minimum absolute atomic E-state index is 0.811. The van der Waals surface area contributed by atoms with Crippen molar-refractivity contribution in [3.8, 4) is 0 Å². The Kier molecular flexibility index (Phi) is 4.39. The molecule has 1 aromatic carbocycles. The molecule has 0 saturated carbocycles. The van der Waals surface area contributed by atoms with Crippen molar-refractivity contribution in [2.45, 2.75) is 26.8 Å². The third-order valence-corrected chi connectivity index (χ3v) is 3.04. The van der Waals surface area contributed by atoms with Crippen LogP contribution in [0.5, 0.6) is 0 Å². The monoisotopic (exact) mass is 255 g/mol. The molecule has 0 atom stereocenters. The molecule has 100 valence electrons. The van der Waals surface area contributed by atoms with Crippen molar-refractivity contribution >= 4 is 11.5 Å². The molecular weight excluding hydrogens is 234 g/mol. The summed E-state index contributed by atoms with van der Waals surface area (Å²) in [5.41, 5.74) is 9.10. The van der Waals surface area contributed by atoms with Crippen LogP contribution in [0.25, 0.3) is 0 Å². The van der Waals surface area contributed by atoms with Gasteiger partial charge in [-0.3, -0.25) is 0 Å². The van der Waals surface area contributed by atoms with Crippen LogP contribution in [-0.4, -0.2) is 11.5 Å². The van der Waals surface area contributed by atoms with Gasteiger partial charge in [0.25, 0.3) is 0 Å². The topological polar surface area (TPSA) is 42.1 Å². The van der Waals surface area contributed by atoms with Gasteiger partial charge in [-0.05, 0) is 48.7 Å². The predicted octanol–water partition coefficient (Wildman–Crippen LogP) is 3.39. The summed E-state index contributed by atoms with van der Waals surface area (Å²) in [6.07, 6.45) is 2.96. The second kappa shape index (κ2) is 6.23. The maximum Gasteiger partial charge on any atom is 0.129 e. The van der Waals surface area contributed by atoms with Crippen LogP contribution < -0.4 is 10.6 Å². The molecule has 2 rings (SSSR count). The SMILES string of the molecule is CCCN(Cc1cccc(N)c1)c1cc(C)ccn1. The summed E-state index contributed by atoms with van der Waals surface area (Å²) in [6, 6.07) is 12.2. The van der Waals surface area contributed by atoms with Crippen molar-refractivity contribution in [1.82, 2.24) is 4.98 Å². The molecule has 0 amide bonds. The van der Waals surface area contributed by atoms with Crippen molar-refractivity contribution < 1.29 is 0 Å². The molecule has 19 heavy (non-hydrogen) atoms. The smallest absolute Gasteiger partial charge is 0.129 e. The number of benzene rings is 1. The quantitative estimate of drug-likeness (QED) is 0.833. The molecule has 3 heteroatoms. The van der Waals surface area contributed by atoms with Gasteiger partial charge in [-0.2, -0.15) is 0 Å². The van der Waals surface area contributed by atoms with Crippen molar-refractivity contribution in [1.29, 1.82) is 0 Å². The summed E-state index contributed by atoms with van der Waals surface area (Å²) in [5, 5.41) is 0. The van der Waals surface area contributed by atoms with Crippen molar-refractivity contribution in [2.24, 2.45) is 0 Å². The van der Waals surface area contributed by atoms with Crippen LogP contribution in [0.2, 0.25) is 0 Å². The lowest BCUT2D eigenvalue weighted by Gasteiger charge is -2.23. The molecule has 0 saturated heterocycles. The first-order valence-corrected chi connectivity index (χ1v) is 6.71. The fraction of sp³-hybridized carbons (Fsp3) is 0.312. The van der Waals surface area contributed by atoms with Crippen LogP contribution in [-0.2, 0) is 6.54 Å². The first kappa shape index (κ1) is 13.4. The standard InChI is InChI=1S/C16H21N3/c1-3-9-19(16-10-13(2)7-8-18-16)12-14-5-4-6-15(17)11-14/h4-8,10-11H,3,9,12,17H2,1-2H3. The second-order valence-electron chi connectivity index (χ2n) is 4.86. The lowest BCUT2D eigenvalue weighted by molar-refractivity contribution is 0.754. The zero-order valence-corrected chi connectivity index (χ0v) is 11.6. The van der Waals surface area contributed by atoms with Crippen LogP contribution in [0, 0.1) is 6.92 Å². The van der Waals surface area contributed by atoms with Crippen LogP contribution >= 0.6 is 0 Å². The van der Waals surface area contributed by atoms with Gasteiger partial charge >= 0.3 is 0 Å². The molecule has 2 N–H and O–H groups in total. The van der Waals surface area contributed by atoms with E-state index in [1.807, 2.05) is 30.5 Å². The van der Waals surface area contributed by atoms with Crippen LogP contribution in [0.3, 0.4) is 0 Å². The van der Waals surface area contributed by atoms with Crippen molar-refractivity contribution in [2.75, 3.05) is 17.2 Å². The first-order valence-electron chi connectivity index (χ1n) is 6.71. The Hall–Kier alpha value is -2.03. The molecule has 0 aliphatic carbocycles. The zero-order chi connectivity index (χ0) is 13.7. The Labute approximate surface area is 115 Å². The highest BCUT2D eigenvalue weighted by Crippen LogP contribution is 2.17. The van der Waals surface area contributed by atoms with E-state index in [1.165, 1.54) is 11.1 Å².